The van der Waals surface area contributed by atoms with Gasteiger partial charge in [-0.2, -0.15) is 5.26 Å². The summed E-state index contributed by atoms with van der Waals surface area (Å²) in [5.41, 5.74) is 10.4. The first-order valence-electron chi connectivity index (χ1n) is 10.8. The Hall–Kier alpha value is -3.76. The molecule has 2 aliphatic heterocycles. The van der Waals surface area contributed by atoms with E-state index in [1.165, 1.54) is 33.6 Å². The molecule has 0 N–H and O–H groups in total. The molecule has 0 saturated heterocycles. The van der Waals surface area contributed by atoms with Gasteiger partial charge in [-0.25, -0.2) is 4.85 Å². The third-order valence-corrected chi connectivity index (χ3v) is 7.49. The summed E-state index contributed by atoms with van der Waals surface area (Å²) in [6.45, 7) is 16.5. The monoisotopic (exact) mass is 418 g/mol. The minimum absolute atomic E-state index is 0.233. The lowest BCUT2D eigenvalue weighted by Crippen LogP contribution is -2.35. The molecule has 0 unspecified atom stereocenters. The fraction of sp³-hybridized carbons (Fsp3) is 0.286. The van der Waals surface area contributed by atoms with Crippen molar-refractivity contribution < 1.29 is 0 Å². The third kappa shape index (κ3) is 2.47. The summed E-state index contributed by atoms with van der Waals surface area (Å²) in [6, 6.07) is 19.0. The van der Waals surface area contributed by atoms with Crippen LogP contribution in [-0.2, 0) is 10.8 Å². The second kappa shape index (κ2) is 6.38. The Balaban J connectivity index is 1.78. The largest absolute Gasteiger partial charge is 0.344 e. The van der Waals surface area contributed by atoms with Gasteiger partial charge < -0.3 is 9.80 Å². The lowest BCUT2D eigenvalue weighted by molar-refractivity contribution is 0.612. The maximum atomic E-state index is 9.46. The average molecular weight is 419 g/mol. The molecule has 0 fully saturated rings. The molecule has 5 rings (SSSR count). The van der Waals surface area contributed by atoms with E-state index in [1.54, 1.807) is 0 Å². The van der Waals surface area contributed by atoms with E-state index in [2.05, 4.69) is 86.8 Å². The summed E-state index contributed by atoms with van der Waals surface area (Å²) in [6.07, 6.45) is 0. The predicted molar refractivity (Wildman–Crippen MR) is 131 cm³/mol. The highest BCUT2D eigenvalue weighted by Crippen LogP contribution is 2.55. The molecule has 32 heavy (non-hydrogen) atoms. The van der Waals surface area contributed by atoms with Gasteiger partial charge in [0.2, 0.25) is 0 Å². The molecule has 4 heteroatoms. The lowest BCUT2D eigenvalue weighted by atomic mass is 9.69. The van der Waals surface area contributed by atoms with E-state index in [0.717, 1.165) is 11.4 Å². The minimum Gasteiger partial charge on any atom is -0.344 e. The van der Waals surface area contributed by atoms with Gasteiger partial charge in [0, 0.05) is 47.7 Å². The fourth-order valence-corrected chi connectivity index (χ4v) is 5.47. The van der Waals surface area contributed by atoms with Gasteiger partial charge in [-0.15, -0.1) is 0 Å². The van der Waals surface area contributed by atoms with Gasteiger partial charge in [-0.05, 0) is 58.7 Å². The van der Waals surface area contributed by atoms with Crippen LogP contribution in [-0.4, -0.2) is 14.1 Å². The molecular formula is C28H26N4. The summed E-state index contributed by atoms with van der Waals surface area (Å²) < 4.78 is 0. The van der Waals surface area contributed by atoms with Crippen LogP contribution in [0.1, 0.15) is 55.5 Å². The van der Waals surface area contributed by atoms with Crippen molar-refractivity contribution in [3.63, 3.8) is 0 Å². The van der Waals surface area contributed by atoms with Gasteiger partial charge in [0.25, 0.3) is 0 Å². The van der Waals surface area contributed by atoms with Crippen molar-refractivity contribution in [2.45, 2.75) is 38.5 Å². The third-order valence-electron chi connectivity index (χ3n) is 7.49. The van der Waals surface area contributed by atoms with E-state index in [9.17, 15) is 5.26 Å². The summed E-state index contributed by atoms with van der Waals surface area (Å²) >= 11 is 0. The highest BCUT2D eigenvalue weighted by molar-refractivity contribution is 5.86. The van der Waals surface area contributed by atoms with E-state index in [4.69, 9.17) is 6.57 Å². The summed E-state index contributed by atoms with van der Waals surface area (Å²) in [7, 11) is 4.22. The summed E-state index contributed by atoms with van der Waals surface area (Å²) in [5, 5.41) is 9.46. The number of anilines is 4. The van der Waals surface area contributed by atoms with Crippen LogP contribution in [0.25, 0.3) is 4.85 Å². The number of nitriles is 1. The predicted octanol–water partition coefficient (Wildman–Crippen LogP) is 6.92. The Bertz CT molecular complexity index is 1270. The van der Waals surface area contributed by atoms with Crippen molar-refractivity contribution in [2.24, 2.45) is 0 Å². The number of hydrogen-bond acceptors (Lipinski definition) is 3. The second-order valence-corrected chi connectivity index (χ2v) is 9.91. The molecule has 4 nitrogen and oxygen atoms in total. The summed E-state index contributed by atoms with van der Waals surface area (Å²) in [5.74, 6) is 0. The van der Waals surface area contributed by atoms with Gasteiger partial charge in [0.15, 0.2) is 5.69 Å². The van der Waals surface area contributed by atoms with Gasteiger partial charge in [0.05, 0.1) is 18.2 Å². The highest BCUT2D eigenvalue weighted by Gasteiger charge is 2.41. The number of nitrogens with zero attached hydrogens (tertiary/aromatic N) is 4. The van der Waals surface area contributed by atoms with Crippen LogP contribution in [0.3, 0.4) is 0 Å². The maximum Gasteiger partial charge on any atom is 0.187 e. The Labute approximate surface area is 190 Å². The van der Waals surface area contributed by atoms with Crippen LogP contribution in [0.5, 0.6) is 0 Å². The lowest BCUT2D eigenvalue weighted by Gasteiger charge is -2.45. The van der Waals surface area contributed by atoms with Crippen molar-refractivity contribution in [1.82, 2.24) is 0 Å². The Kier molecular flexibility index (Phi) is 4.02. The van der Waals surface area contributed by atoms with Crippen LogP contribution in [0.15, 0.2) is 48.5 Å². The van der Waals surface area contributed by atoms with Crippen LogP contribution in [0, 0.1) is 17.9 Å². The van der Waals surface area contributed by atoms with Gasteiger partial charge in [-0.1, -0.05) is 39.8 Å². The molecule has 0 spiro atoms. The molecular weight excluding hydrogens is 392 g/mol. The second-order valence-electron chi connectivity index (χ2n) is 9.91. The molecule has 3 aromatic carbocycles. The smallest absolute Gasteiger partial charge is 0.187 e. The van der Waals surface area contributed by atoms with Crippen molar-refractivity contribution in [2.75, 3.05) is 23.9 Å². The Morgan fingerprint density at radius 3 is 1.69 bits per heavy atom. The van der Waals surface area contributed by atoms with E-state index < -0.39 is 0 Å². The highest BCUT2D eigenvalue weighted by atomic mass is 15.1. The quantitative estimate of drug-likeness (QED) is 0.372. The van der Waals surface area contributed by atoms with Crippen molar-refractivity contribution >= 4 is 28.4 Å². The zero-order valence-electron chi connectivity index (χ0n) is 19.4. The first-order valence-corrected chi connectivity index (χ1v) is 10.8. The van der Waals surface area contributed by atoms with Gasteiger partial charge in [-0.3, -0.25) is 0 Å². The zero-order valence-corrected chi connectivity index (χ0v) is 19.4. The molecule has 0 amide bonds. The molecule has 0 bridgehead atoms. The number of hydrogen-bond donors (Lipinski definition) is 0. The van der Waals surface area contributed by atoms with Crippen LogP contribution in [0.4, 0.5) is 28.4 Å². The molecule has 0 aliphatic carbocycles. The van der Waals surface area contributed by atoms with Gasteiger partial charge in [0.1, 0.15) is 0 Å². The zero-order chi connectivity index (χ0) is 23.0. The normalized spacial score (nSPS) is 16.8. The minimum atomic E-state index is -0.238. The molecule has 0 atom stereocenters. The first-order chi connectivity index (χ1) is 15.1. The van der Waals surface area contributed by atoms with E-state index in [0.29, 0.717) is 11.3 Å². The van der Waals surface area contributed by atoms with Crippen molar-refractivity contribution in [3.8, 4) is 6.07 Å². The standard InChI is InChI=1S/C28H26N4/c1-27(2)19-12-17(16-29)8-10-23(19)31(6)25-15-22-26(14-21(25)27)32(7)24-11-9-18(30-5)13-20(24)28(22,3)4/h8-15H,1-4,6-7H3. The topological polar surface area (TPSA) is 34.6 Å². The first kappa shape index (κ1) is 20.2. The van der Waals surface area contributed by atoms with Gasteiger partial charge >= 0.3 is 0 Å². The van der Waals surface area contributed by atoms with Crippen LogP contribution in [0.2, 0.25) is 0 Å². The fourth-order valence-electron chi connectivity index (χ4n) is 5.47. The SMILES string of the molecule is [C-]#[N+]c1ccc2c(c1)C(C)(C)c1cc3c(cc1N2C)C(C)(C)c1cc(C#N)ccc1N3C. The van der Waals surface area contributed by atoms with E-state index in [-0.39, 0.29) is 10.8 Å². The van der Waals surface area contributed by atoms with E-state index in [1.807, 2.05) is 24.3 Å². The Morgan fingerprint density at radius 1 is 0.719 bits per heavy atom. The molecule has 0 aromatic heterocycles. The number of fused-ring (bicyclic) bond motifs is 4. The Morgan fingerprint density at radius 2 is 1.19 bits per heavy atom. The van der Waals surface area contributed by atoms with E-state index >= 15 is 0 Å². The van der Waals surface area contributed by atoms with Crippen LogP contribution < -0.4 is 9.80 Å². The van der Waals surface area contributed by atoms with Crippen molar-refractivity contribution in [3.05, 3.63) is 87.8 Å². The number of rotatable bonds is 0. The molecule has 158 valence electrons. The molecule has 3 aromatic rings. The summed E-state index contributed by atoms with van der Waals surface area (Å²) in [4.78, 5) is 8.17. The molecule has 2 heterocycles. The average Bonchev–Trinajstić information content (AvgIpc) is 2.80. The maximum absolute atomic E-state index is 9.46. The molecule has 0 radical (unpaired) electrons. The molecule has 2 aliphatic rings. The van der Waals surface area contributed by atoms with Crippen LogP contribution >= 0.6 is 0 Å². The van der Waals surface area contributed by atoms with Crippen molar-refractivity contribution in [1.29, 1.82) is 5.26 Å². The molecule has 0 saturated carbocycles. The number of benzene rings is 3.